The van der Waals surface area contributed by atoms with Gasteiger partial charge in [-0.05, 0) is 21.9 Å². The van der Waals surface area contributed by atoms with Crippen molar-refractivity contribution >= 4 is 32.7 Å². The van der Waals surface area contributed by atoms with E-state index in [1.54, 1.807) is 4.31 Å². The number of benzene rings is 3. The molecule has 0 unspecified atom stereocenters. The quantitative estimate of drug-likeness (QED) is 0.551. The third kappa shape index (κ3) is 6.85. The van der Waals surface area contributed by atoms with E-state index in [-0.39, 0.29) is 5.75 Å². The maximum absolute atomic E-state index is 12.7. The molecule has 3 aromatic carbocycles. The summed E-state index contributed by atoms with van der Waals surface area (Å²) in [6.45, 7) is 3.49. The molecule has 1 saturated heterocycles. The number of carboxylic acid groups (broad SMARTS) is 2. The molecule has 0 radical (unpaired) electrons. The van der Waals surface area contributed by atoms with Crippen LogP contribution in [0.4, 0.5) is 0 Å². The highest BCUT2D eigenvalue weighted by Crippen LogP contribution is 2.21. The number of hydrogen-bond donors (Lipinski definition) is 2. The van der Waals surface area contributed by atoms with Crippen LogP contribution in [0.1, 0.15) is 11.1 Å². The molecule has 9 heteroatoms. The van der Waals surface area contributed by atoms with Gasteiger partial charge < -0.3 is 10.2 Å². The molecular formula is C24H26N2O6S. The van der Waals surface area contributed by atoms with E-state index in [1.807, 2.05) is 30.3 Å². The topological polar surface area (TPSA) is 115 Å². The number of hydrogen-bond acceptors (Lipinski definition) is 5. The van der Waals surface area contributed by atoms with Crippen LogP contribution in [0, 0.1) is 0 Å². The molecule has 1 heterocycles. The summed E-state index contributed by atoms with van der Waals surface area (Å²) in [6, 6.07) is 24.2. The molecule has 0 aliphatic carbocycles. The van der Waals surface area contributed by atoms with Crippen LogP contribution in [0.3, 0.4) is 0 Å². The molecule has 0 amide bonds. The number of piperazine rings is 1. The van der Waals surface area contributed by atoms with Gasteiger partial charge in [0.25, 0.3) is 0 Å². The molecule has 0 atom stereocenters. The van der Waals surface area contributed by atoms with Crippen molar-refractivity contribution in [3.05, 3.63) is 83.9 Å². The Kier molecular flexibility index (Phi) is 8.16. The summed E-state index contributed by atoms with van der Waals surface area (Å²) in [7, 11) is -3.26. The number of sulfonamides is 1. The fourth-order valence-corrected chi connectivity index (χ4v) is 5.23. The Hall–Kier alpha value is -3.27. The van der Waals surface area contributed by atoms with Gasteiger partial charge in [0.2, 0.25) is 10.0 Å². The predicted molar refractivity (Wildman–Crippen MR) is 125 cm³/mol. The van der Waals surface area contributed by atoms with E-state index in [9.17, 15) is 8.42 Å². The van der Waals surface area contributed by atoms with Crippen LogP contribution in [0.2, 0.25) is 0 Å². The first kappa shape index (κ1) is 24.4. The van der Waals surface area contributed by atoms with Gasteiger partial charge in [0.05, 0.1) is 5.75 Å². The molecule has 0 bridgehead atoms. The molecule has 1 aliphatic rings. The minimum Gasteiger partial charge on any atom is -0.473 e. The van der Waals surface area contributed by atoms with Crippen molar-refractivity contribution in [1.29, 1.82) is 0 Å². The van der Waals surface area contributed by atoms with Crippen molar-refractivity contribution in [3.8, 4) is 0 Å². The number of fused-ring (bicyclic) bond motifs is 1. The van der Waals surface area contributed by atoms with Crippen LogP contribution in [0.5, 0.6) is 0 Å². The summed E-state index contributed by atoms with van der Waals surface area (Å²) >= 11 is 0. The Balaban J connectivity index is 0.000000454. The second-order valence-electron chi connectivity index (χ2n) is 7.67. The molecule has 0 aromatic heterocycles. The monoisotopic (exact) mass is 470 g/mol. The minimum atomic E-state index is -3.26. The molecule has 0 spiro atoms. The van der Waals surface area contributed by atoms with Crippen LogP contribution >= 0.6 is 0 Å². The summed E-state index contributed by atoms with van der Waals surface area (Å²) in [5.41, 5.74) is 2.14. The highest BCUT2D eigenvalue weighted by Gasteiger charge is 2.27. The molecule has 33 heavy (non-hydrogen) atoms. The number of carboxylic acids is 2. The molecule has 174 valence electrons. The van der Waals surface area contributed by atoms with Gasteiger partial charge in [-0.3, -0.25) is 4.90 Å². The van der Waals surface area contributed by atoms with Crippen molar-refractivity contribution in [3.63, 3.8) is 0 Å². The maximum Gasteiger partial charge on any atom is 0.414 e. The molecule has 1 aliphatic heterocycles. The van der Waals surface area contributed by atoms with Crippen molar-refractivity contribution < 1.29 is 28.2 Å². The molecule has 0 saturated carbocycles. The Morgan fingerprint density at radius 2 is 1.33 bits per heavy atom. The van der Waals surface area contributed by atoms with Gasteiger partial charge in [0, 0.05) is 32.7 Å². The maximum atomic E-state index is 12.7. The lowest BCUT2D eigenvalue weighted by Crippen LogP contribution is -2.48. The summed E-state index contributed by atoms with van der Waals surface area (Å²) in [4.78, 5) is 20.5. The summed E-state index contributed by atoms with van der Waals surface area (Å²) in [5.74, 6) is -3.57. The highest BCUT2D eigenvalue weighted by molar-refractivity contribution is 7.88. The van der Waals surface area contributed by atoms with Crippen molar-refractivity contribution in [2.45, 2.75) is 12.3 Å². The zero-order valence-corrected chi connectivity index (χ0v) is 18.8. The van der Waals surface area contributed by atoms with Gasteiger partial charge in [-0.25, -0.2) is 18.0 Å². The fraction of sp³-hybridized carbons (Fsp3) is 0.250. The first-order chi connectivity index (χ1) is 15.8. The fourth-order valence-electron chi connectivity index (χ4n) is 3.71. The smallest absolute Gasteiger partial charge is 0.414 e. The van der Waals surface area contributed by atoms with E-state index in [2.05, 4.69) is 47.4 Å². The first-order valence-corrected chi connectivity index (χ1v) is 12.0. The molecule has 3 aromatic rings. The summed E-state index contributed by atoms with van der Waals surface area (Å²) in [5, 5.41) is 17.3. The zero-order valence-electron chi connectivity index (χ0n) is 18.0. The zero-order chi connectivity index (χ0) is 23.8. The average molecular weight is 471 g/mol. The van der Waals surface area contributed by atoms with E-state index in [0.29, 0.717) is 13.1 Å². The highest BCUT2D eigenvalue weighted by atomic mass is 32.2. The summed E-state index contributed by atoms with van der Waals surface area (Å²) in [6.07, 6.45) is 0. The van der Waals surface area contributed by atoms with Gasteiger partial charge in [0.1, 0.15) is 0 Å². The van der Waals surface area contributed by atoms with Crippen molar-refractivity contribution in [2.24, 2.45) is 0 Å². The van der Waals surface area contributed by atoms with Crippen molar-refractivity contribution in [1.82, 2.24) is 9.21 Å². The molecule has 8 nitrogen and oxygen atoms in total. The van der Waals surface area contributed by atoms with Crippen LogP contribution in [-0.4, -0.2) is 66.0 Å². The van der Waals surface area contributed by atoms with E-state index in [4.69, 9.17) is 19.8 Å². The third-order valence-electron chi connectivity index (χ3n) is 5.37. The third-order valence-corrected chi connectivity index (χ3v) is 7.22. The van der Waals surface area contributed by atoms with E-state index < -0.39 is 22.0 Å². The lowest BCUT2D eigenvalue weighted by Gasteiger charge is -2.34. The Bertz CT molecular complexity index is 1190. The number of carbonyl (C=O) groups is 2. The van der Waals surface area contributed by atoms with E-state index >= 15 is 0 Å². The molecule has 2 N–H and O–H groups in total. The van der Waals surface area contributed by atoms with Crippen LogP contribution in [-0.2, 0) is 31.9 Å². The minimum absolute atomic E-state index is 0.0805. The second kappa shape index (κ2) is 11.0. The molecular weight excluding hydrogens is 444 g/mol. The molecule has 1 fully saturated rings. The Labute approximate surface area is 192 Å². The standard InChI is InChI=1S/C22H24N2O2S.C2H2O4/c25-27(26,18-19-7-2-1-3-8-19)24-15-13-23(14-16-24)17-21-11-6-10-20-9-4-5-12-22(20)21;3-1(4)2(5)6/h1-12H,13-18H2;(H,3,4)(H,5,6). The van der Waals surface area contributed by atoms with Crippen molar-refractivity contribution in [2.75, 3.05) is 26.2 Å². The number of rotatable bonds is 5. The number of nitrogens with zero attached hydrogens (tertiary/aromatic N) is 2. The van der Waals surface area contributed by atoms with Gasteiger partial charge in [-0.1, -0.05) is 72.8 Å². The largest absolute Gasteiger partial charge is 0.473 e. The first-order valence-electron chi connectivity index (χ1n) is 10.4. The van der Waals surface area contributed by atoms with E-state index in [0.717, 1.165) is 25.2 Å². The van der Waals surface area contributed by atoms with Gasteiger partial charge >= 0.3 is 11.9 Å². The predicted octanol–water partition coefficient (Wildman–Crippen LogP) is 2.64. The normalized spacial score (nSPS) is 14.9. The van der Waals surface area contributed by atoms with E-state index in [1.165, 1.54) is 16.3 Å². The van der Waals surface area contributed by atoms with Crippen LogP contribution in [0.25, 0.3) is 10.8 Å². The van der Waals surface area contributed by atoms with Gasteiger partial charge in [-0.2, -0.15) is 4.31 Å². The average Bonchev–Trinajstić information content (AvgIpc) is 2.80. The SMILES string of the molecule is O=C(O)C(=O)O.O=S(=O)(Cc1ccccc1)N1CCN(Cc2cccc3ccccc23)CC1. The lowest BCUT2D eigenvalue weighted by molar-refractivity contribution is -0.159. The van der Waals surface area contributed by atoms with Crippen LogP contribution < -0.4 is 0 Å². The van der Waals surface area contributed by atoms with Gasteiger partial charge in [-0.15, -0.1) is 0 Å². The lowest BCUT2D eigenvalue weighted by atomic mass is 10.0. The Morgan fingerprint density at radius 1 is 0.758 bits per heavy atom. The van der Waals surface area contributed by atoms with Gasteiger partial charge in [0.15, 0.2) is 0 Å². The van der Waals surface area contributed by atoms with Crippen LogP contribution in [0.15, 0.2) is 72.8 Å². The summed E-state index contributed by atoms with van der Waals surface area (Å²) < 4.78 is 27.0. The molecule has 4 rings (SSSR count). The second-order valence-corrected chi connectivity index (χ2v) is 9.63. The Morgan fingerprint density at radius 3 is 1.97 bits per heavy atom. The number of aliphatic carboxylic acids is 2.